The summed E-state index contributed by atoms with van der Waals surface area (Å²) in [5.74, 6) is -1.29. The van der Waals surface area contributed by atoms with E-state index in [0.717, 1.165) is 6.07 Å². The molecule has 11 heavy (non-hydrogen) atoms. The average molecular weight is 156 g/mol. The Labute approximate surface area is 62.9 Å². The lowest BCUT2D eigenvalue weighted by Gasteiger charge is -2.02. The van der Waals surface area contributed by atoms with Gasteiger partial charge in [0.05, 0.1) is 5.46 Å². The number of aromatic hydroxyl groups is 1. The Bertz CT molecular complexity index is 244. The summed E-state index contributed by atoms with van der Waals surface area (Å²) in [4.78, 5) is 0. The van der Waals surface area contributed by atoms with Gasteiger partial charge in [-0.1, -0.05) is 6.07 Å². The van der Waals surface area contributed by atoms with Crippen LogP contribution in [0.15, 0.2) is 18.2 Å². The molecule has 0 atom stereocenters. The van der Waals surface area contributed by atoms with Crippen molar-refractivity contribution < 1.29 is 19.5 Å². The summed E-state index contributed by atoms with van der Waals surface area (Å²) in [5.41, 5.74) is -0.493. The van der Waals surface area contributed by atoms with Gasteiger partial charge in [0, 0.05) is 0 Å². The van der Waals surface area contributed by atoms with Gasteiger partial charge >= 0.3 is 7.12 Å². The maximum Gasteiger partial charge on any atom is 0.495 e. The Kier molecular flexibility index (Phi) is 2.12. The Hall–Kier alpha value is -1.07. The van der Waals surface area contributed by atoms with Gasteiger partial charge in [-0.2, -0.15) is 0 Å². The number of hydrogen-bond acceptors (Lipinski definition) is 3. The molecule has 0 aromatic heterocycles. The standard InChI is InChI=1S/C6H6BFO3/c8-4-2-1-3-5(9)6(4)7(10)11/h1-3,9-11H. The summed E-state index contributed by atoms with van der Waals surface area (Å²) < 4.78 is 12.6. The third-order valence-corrected chi connectivity index (χ3v) is 1.29. The summed E-state index contributed by atoms with van der Waals surface area (Å²) in [6.45, 7) is 0. The van der Waals surface area contributed by atoms with E-state index in [1.807, 2.05) is 0 Å². The SMILES string of the molecule is OB(O)c1c(O)cccc1F. The molecule has 1 aromatic rings. The van der Waals surface area contributed by atoms with Crippen LogP contribution in [0.2, 0.25) is 0 Å². The van der Waals surface area contributed by atoms with E-state index in [2.05, 4.69) is 0 Å². The van der Waals surface area contributed by atoms with E-state index in [-0.39, 0.29) is 0 Å². The molecule has 0 aliphatic heterocycles. The van der Waals surface area contributed by atoms with Crippen LogP contribution >= 0.6 is 0 Å². The second-order valence-electron chi connectivity index (χ2n) is 2.05. The number of halogens is 1. The van der Waals surface area contributed by atoms with Gasteiger partial charge in [0.2, 0.25) is 0 Å². The zero-order valence-electron chi connectivity index (χ0n) is 5.53. The minimum atomic E-state index is -1.98. The van der Waals surface area contributed by atoms with E-state index >= 15 is 0 Å². The lowest BCUT2D eigenvalue weighted by Crippen LogP contribution is -2.32. The minimum Gasteiger partial charge on any atom is -0.508 e. The monoisotopic (exact) mass is 156 g/mol. The van der Waals surface area contributed by atoms with Crippen molar-refractivity contribution in [1.82, 2.24) is 0 Å². The van der Waals surface area contributed by atoms with Gasteiger partial charge in [0.1, 0.15) is 11.6 Å². The third kappa shape index (κ3) is 1.50. The summed E-state index contributed by atoms with van der Waals surface area (Å²) in [6.07, 6.45) is 0. The quantitative estimate of drug-likeness (QED) is 0.467. The van der Waals surface area contributed by atoms with Gasteiger partial charge in [0.25, 0.3) is 0 Å². The highest BCUT2D eigenvalue weighted by Crippen LogP contribution is 2.06. The molecule has 1 aromatic carbocycles. The Morgan fingerprint density at radius 3 is 2.27 bits per heavy atom. The maximum absolute atomic E-state index is 12.6. The largest absolute Gasteiger partial charge is 0.508 e. The predicted molar refractivity (Wildman–Crippen MR) is 37.9 cm³/mol. The van der Waals surface area contributed by atoms with Gasteiger partial charge in [-0.15, -0.1) is 0 Å². The molecule has 0 radical (unpaired) electrons. The summed E-state index contributed by atoms with van der Waals surface area (Å²) in [7, 11) is -1.98. The fourth-order valence-electron chi connectivity index (χ4n) is 0.781. The zero-order valence-corrected chi connectivity index (χ0v) is 5.53. The van der Waals surface area contributed by atoms with Gasteiger partial charge in [-0.25, -0.2) is 4.39 Å². The minimum absolute atomic E-state index is 0.458. The number of benzene rings is 1. The zero-order chi connectivity index (χ0) is 8.43. The van der Waals surface area contributed by atoms with E-state index in [9.17, 15) is 4.39 Å². The fraction of sp³-hybridized carbons (Fsp3) is 0. The fourth-order valence-corrected chi connectivity index (χ4v) is 0.781. The van der Waals surface area contributed by atoms with Crippen molar-refractivity contribution in [2.45, 2.75) is 0 Å². The molecule has 0 bridgehead atoms. The summed E-state index contributed by atoms with van der Waals surface area (Å²) in [6, 6.07) is 3.49. The highest BCUT2D eigenvalue weighted by Gasteiger charge is 2.20. The van der Waals surface area contributed by atoms with Crippen molar-refractivity contribution >= 4 is 12.6 Å². The van der Waals surface area contributed by atoms with Crippen molar-refractivity contribution in [3.8, 4) is 5.75 Å². The molecule has 1 rings (SSSR count). The van der Waals surface area contributed by atoms with Crippen LogP contribution in [0.5, 0.6) is 5.75 Å². The van der Waals surface area contributed by atoms with E-state index in [1.54, 1.807) is 0 Å². The first-order valence-electron chi connectivity index (χ1n) is 2.96. The second kappa shape index (κ2) is 2.90. The van der Waals surface area contributed by atoms with Gasteiger partial charge in [-0.3, -0.25) is 0 Å². The van der Waals surface area contributed by atoms with Crippen molar-refractivity contribution in [1.29, 1.82) is 0 Å². The van der Waals surface area contributed by atoms with Crippen LogP contribution in [0.4, 0.5) is 4.39 Å². The third-order valence-electron chi connectivity index (χ3n) is 1.29. The molecule has 0 heterocycles. The van der Waals surface area contributed by atoms with E-state index < -0.39 is 24.1 Å². The summed E-state index contributed by atoms with van der Waals surface area (Å²) in [5, 5.41) is 26.0. The smallest absolute Gasteiger partial charge is 0.495 e. The molecule has 0 fully saturated rings. The molecule has 0 spiro atoms. The first-order valence-corrected chi connectivity index (χ1v) is 2.96. The van der Waals surface area contributed by atoms with Crippen molar-refractivity contribution in [2.24, 2.45) is 0 Å². The first kappa shape index (κ1) is 8.04. The van der Waals surface area contributed by atoms with E-state index in [1.165, 1.54) is 12.1 Å². The van der Waals surface area contributed by atoms with Crippen molar-refractivity contribution in [3.63, 3.8) is 0 Å². The molecular formula is C6H6BFO3. The lowest BCUT2D eigenvalue weighted by molar-refractivity contribution is 0.415. The van der Waals surface area contributed by atoms with Crippen molar-refractivity contribution in [3.05, 3.63) is 24.0 Å². The normalized spacial score (nSPS) is 9.73. The highest BCUT2D eigenvalue weighted by atomic mass is 19.1. The number of phenolic OH excluding ortho intramolecular Hbond substituents is 1. The van der Waals surface area contributed by atoms with E-state index in [4.69, 9.17) is 15.2 Å². The van der Waals surface area contributed by atoms with Crippen LogP contribution in [0.3, 0.4) is 0 Å². The lowest BCUT2D eigenvalue weighted by atomic mass is 9.79. The van der Waals surface area contributed by atoms with Gasteiger partial charge in [0.15, 0.2) is 0 Å². The van der Waals surface area contributed by atoms with Crippen LogP contribution in [0.25, 0.3) is 0 Å². The Balaban J connectivity index is 3.21. The number of phenols is 1. The second-order valence-corrected chi connectivity index (χ2v) is 2.05. The van der Waals surface area contributed by atoms with Gasteiger partial charge < -0.3 is 15.2 Å². The van der Waals surface area contributed by atoms with Crippen LogP contribution in [-0.2, 0) is 0 Å². The molecular weight excluding hydrogens is 150 g/mol. The summed E-state index contributed by atoms with van der Waals surface area (Å²) >= 11 is 0. The van der Waals surface area contributed by atoms with Crippen LogP contribution in [0, 0.1) is 5.82 Å². The molecule has 0 amide bonds. The Morgan fingerprint density at radius 1 is 1.27 bits per heavy atom. The molecule has 0 unspecified atom stereocenters. The number of hydrogen-bond donors (Lipinski definition) is 3. The van der Waals surface area contributed by atoms with Crippen LogP contribution in [-0.4, -0.2) is 22.3 Å². The van der Waals surface area contributed by atoms with Crippen LogP contribution < -0.4 is 5.46 Å². The predicted octanol–water partition coefficient (Wildman–Crippen LogP) is -0.789. The Morgan fingerprint density at radius 2 is 1.91 bits per heavy atom. The number of rotatable bonds is 1. The molecule has 5 heteroatoms. The van der Waals surface area contributed by atoms with Gasteiger partial charge in [-0.05, 0) is 12.1 Å². The topological polar surface area (TPSA) is 60.7 Å². The molecule has 0 aliphatic carbocycles. The average Bonchev–Trinajstić information content (AvgIpc) is 1.85. The highest BCUT2D eigenvalue weighted by molar-refractivity contribution is 6.59. The molecule has 0 saturated heterocycles. The molecule has 58 valence electrons. The van der Waals surface area contributed by atoms with Crippen LogP contribution in [0.1, 0.15) is 0 Å². The molecule has 0 saturated carbocycles. The molecule has 3 N–H and O–H groups in total. The molecule has 3 nitrogen and oxygen atoms in total. The first-order chi connectivity index (χ1) is 5.13. The van der Waals surface area contributed by atoms with Crippen molar-refractivity contribution in [2.75, 3.05) is 0 Å². The van der Waals surface area contributed by atoms with E-state index in [0.29, 0.717) is 0 Å². The maximum atomic E-state index is 12.6. The molecule has 0 aliphatic rings.